The molecular weight excluding hydrogens is 188 g/mol. The number of aromatic nitrogens is 2. The van der Waals surface area contributed by atoms with Crippen molar-refractivity contribution >= 4 is 0 Å². The first kappa shape index (κ1) is 11.8. The summed E-state index contributed by atoms with van der Waals surface area (Å²) in [6.07, 6.45) is 11.6. The molecule has 0 fully saturated rings. The van der Waals surface area contributed by atoms with Crippen LogP contribution in [-0.2, 0) is 17.8 Å². The average molecular weight is 209 g/mol. The molecule has 1 heterocycles. The zero-order valence-electron chi connectivity index (χ0n) is 9.56. The zero-order chi connectivity index (χ0) is 10.9. The van der Waals surface area contributed by atoms with Gasteiger partial charge in [-0.3, -0.25) is 0 Å². The van der Waals surface area contributed by atoms with Gasteiger partial charge in [-0.2, -0.15) is 0 Å². The largest absolute Gasteiger partial charge is 0.498 e. The fourth-order valence-electron chi connectivity index (χ4n) is 1.49. The van der Waals surface area contributed by atoms with Crippen LogP contribution in [0.3, 0.4) is 0 Å². The molecule has 1 rings (SSSR count). The lowest BCUT2D eigenvalue weighted by Gasteiger charge is -1.97. The van der Waals surface area contributed by atoms with E-state index >= 15 is 0 Å². The van der Waals surface area contributed by atoms with Crippen molar-refractivity contribution in [2.75, 3.05) is 6.61 Å². The molecule has 0 aliphatic rings. The summed E-state index contributed by atoms with van der Waals surface area (Å²) in [7, 11) is 0. The summed E-state index contributed by atoms with van der Waals surface area (Å²) in [5.41, 5.74) is 0. The molecule has 15 heavy (non-hydrogen) atoms. The van der Waals surface area contributed by atoms with E-state index in [1.165, 1.54) is 25.5 Å². The van der Waals surface area contributed by atoms with Crippen molar-refractivity contribution in [1.82, 2.24) is 4.57 Å². The highest BCUT2D eigenvalue weighted by atomic mass is 16.5. The van der Waals surface area contributed by atoms with Crippen LogP contribution in [0.1, 0.15) is 26.2 Å². The zero-order valence-corrected chi connectivity index (χ0v) is 9.56. The Balaban J connectivity index is 2.25. The van der Waals surface area contributed by atoms with Gasteiger partial charge in [0, 0.05) is 0 Å². The lowest BCUT2D eigenvalue weighted by molar-refractivity contribution is -0.696. The van der Waals surface area contributed by atoms with Gasteiger partial charge in [-0.05, 0) is 12.8 Å². The van der Waals surface area contributed by atoms with Crippen LogP contribution >= 0.6 is 0 Å². The normalized spacial score (nSPS) is 10.2. The van der Waals surface area contributed by atoms with E-state index in [-0.39, 0.29) is 0 Å². The van der Waals surface area contributed by atoms with Gasteiger partial charge in [0.05, 0.1) is 12.8 Å². The third kappa shape index (κ3) is 4.68. The molecule has 0 bridgehead atoms. The second kappa shape index (κ2) is 7.10. The maximum Gasteiger partial charge on any atom is 0.243 e. The van der Waals surface area contributed by atoms with Crippen molar-refractivity contribution in [3.05, 3.63) is 31.6 Å². The van der Waals surface area contributed by atoms with Crippen LogP contribution in [-0.4, -0.2) is 11.2 Å². The molecule has 0 atom stereocenters. The predicted octanol–water partition coefficient (Wildman–Crippen LogP) is 2.13. The second-order valence-corrected chi connectivity index (χ2v) is 3.63. The topological polar surface area (TPSA) is 18.0 Å². The quantitative estimate of drug-likeness (QED) is 0.364. The fourth-order valence-corrected chi connectivity index (χ4v) is 1.49. The van der Waals surface area contributed by atoms with Crippen LogP contribution in [0.4, 0.5) is 0 Å². The summed E-state index contributed by atoms with van der Waals surface area (Å²) in [6.45, 7) is 8.42. The van der Waals surface area contributed by atoms with Crippen LogP contribution in [0.2, 0.25) is 0 Å². The molecule has 0 unspecified atom stereocenters. The van der Waals surface area contributed by atoms with Gasteiger partial charge in [-0.25, -0.2) is 9.13 Å². The summed E-state index contributed by atoms with van der Waals surface area (Å²) in [5.74, 6) is 0. The van der Waals surface area contributed by atoms with E-state index in [1.807, 2.05) is 0 Å². The van der Waals surface area contributed by atoms with Crippen LogP contribution in [0.25, 0.3) is 0 Å². The third-order valence-corrected chi connectivity index (χ3v) is 2.35. The number of imidazole rings is 1. The van der Waals surface area contributed by atoms with E-state index in [4.69, 9.17) is 4.74 Å². The minimum atomic E-state index is 0.688. The highest BCUT2D eigenvalue weighted by molar-refractivity contribution is 4.66. The number of rotatable bonds is 8. The van der Waals surface area contributed by atoms with E-state index in [9.17, 15) is 0 Å². The van der Waals surface area contributed by atoms with Gasteiger partial charge >= 0.3 is 0 Å². The Morgan fingerprint density at radius 3 is 3.07 bits per heavy atom. The smallest absolute Gasteiger partial charge is 0.243 e. The Morgan fingerprint density at radius 1 is 1.47 bits per heavy atom. The Morgan fingerprint density at radius 2 is 2.33 bits per heavy atom. The van der Waals surface area contributed by atoms with Crippen molar-refractivity contribution in [3.8, 4) is 0 Å². The van der Waals surface area contributed by atoms with Gasteiger partial charge in [0.15, 0.2) is 0 Å². The number of hydrogen-bond donors (Lipinski definition) is 0. The molecule has 3 heteroatoms. The first-order valence-corrected chi connectivity index (χ1v) is 5.64. The standard InChI is InChI=1S/C12H21N2O/c1-3-5-6-7-13-8-9-14(12-13)10-11-15-4-2/h4,8-9,12H,2-3,5-7,10-11H2,1H3/q+1. The minimum absolute atomic E-state index is 0.688. The van der Waals surface area contributed by atoms with Gasteiger partial charge in [-0.1, -0.05) is 19.9 Å². The van der Waals surface area contributed by atoms with Crippen LogP contribution < -0.4 is 4.57 Å². The summed E-state index contributed by atoms with van der Waals surface area (Å²) in [5, 5.41) is 0. The van der Waals surface area contributed by atoms with Crippen LogP contribution in [0, 0.1) is 0 Å². The summed E-state index contributed by atoms with van der Waals surface area (Å²) in [6, 6.07) is 0. The maximum atomic E-state index is 5.08. The molecule has 0 saturated heterocycles. The molecule has 0 aliphatic carbocycles. The number of aryl methyl sites for hydroxylation is 1. The van der Waals surface area contributed by atoms with E-state index in [2.05, 4.69) is 41.4 Å². The Bertz CT molecular complexity index is 281. The number of hydrogen-bond acceptors (Lipinski definition) is 1. The molecule has 0 aromatic carbocycles. The summed E-state index contributed by atoms with van der Waals surface area (Å²) >= 11 is 0. The van der Waals surface area contributed by atoms with Crippen molar-refractivity contribution < 1.29 is 9.30 Å². The Hall–Kier alpha value is -1.25. The van der Waals surface area contributed by atoms with Crippen LogP contribution in [0.5, 0.6) is 0 Å². The number of unbranched alkanes of at least 4 members (excludes halogenated alkanes) is 2. The SMILES string of the molecule is C=COCCn1cc[n+](CCCCC)c1. The highest BCUT2D eigenvalue weighted by Gasteiger charge is 2.02. The van der Waals surface area contributed by atoms with Crippen molar-refractivity contribution in [2.45, 2.75) is 39.3 Å². The molecule has 0 amide bonds. The van der Waals surface area contributed by atoms with Gasteiger partial charge in [-0.15, -0.1) is 0 Å². The molecular formula is C12H21N2O+. The molecule has 84 valence electrons. The van der Waals surface area contributed by atoms with Crippen LogP contribution in [0.15, 0.2) is 31.6 Å². The van der Waals surface area contributed by atoms with Gasteiger partial charge in [0.2, 0.25) is 6.33 Å². The molecule has 0 N–H and O–H groups in total. The molecule has 3 nitrogen and oxygen atoms in total. The monoisotopic (exact) mass is 209 g/mol. The minimum Gasteiger partial charge on any atom is -0.498 e. The third-order valence-electron chi connectivity index (χ3n) is 2.35. The average Bonchev–Trinajstić information content (AvgIpc) is 2.67. The predicted molar refractivity (Wildman–Crippen MR) is 60.3 cm³/mol. The maximum absolute atomic E-state index is 5.08. The van der Waals surface area contributed by atoms with Gasteiger partial charge in [0.1, 0.15) is 25.5 Å². The molecule has 0 spiro atoms. The molecule has 1 aromatic heterocycles. The number of ether oxygens (including phenoxy) is 1. The first-order chi connectivity index (χ1) is 7.36. The second-order valence-electron chi connectivity index (χ2n) is 3.63. The molecule has 0 saturated carbocycles. The van der Waals surface area contributed by atoms with E-state index in [0.717, 1.165) is 13.1 Å². The van der Waals surface area contributed by atoms with E-state index in [0.29, 0.717) is 6.61 Å². The van der Waals surface area contributed by atoms with Gasteiger partial charge < -0.3 is 4.74 Å². The molecule has 1 aromatic rings. The van der Waals surface area contributed by atoms with E-state index < -0.39 is 0 Å². The molecule has 0 radical (unpaired) electrons. The highest BCUT2D eigenvalue weighted by Crippen LogP contribution is 1.93. The summed E-state index contributed by atoms with van der Waals surface area (Å²) < 4.78 is 9.44. The van der Waals surface area contributed by atoms with E-state index in [1.54, 1.807) is 0 Å². The number of nitrogens with zero attached hydrogens (tertiary/aromatic N) is 2. The van der Waals surface area contributed by atoms with Crippen molar-refractivity contribution in [2.24, 2.45) is 0 Å². The van der Waals surface area contributed by atoms with Crippen molar-refractivity contribution in [1.29, 1.82) is 0 Å². The first-order valence-electron chi connectivity index (χ1n) is 5.64. The van der Waals surface area contributed by atoms with Crippen molar-refractivity contribution in [3.63, 3.8) is 0 Å². The summed E-state index contributed by atoms with van der Waals surface area (Å²) in [4.78, 5) is 0. The lowest BCUT2D eigenvalue weighted by atomic mass is 10.2. The Kier molecular flexibility index (Phi) is 5.59. The molecule has 0 aliphatic heterocycles. The Labute approximate surface area is 92.0 Å². The lowest BCUT2D eigenvalue weighted by Crippen LogP contribution is -2.30. The fraction of sp³-hybridized carbons (Fsp3) is 0.583. The van der Waals surface area contributed by atoms with Gasteiger partial charge in [0.25, 0.3) is 0 Å².